The van der Waals surface area contributed by atoms with Gasteiger partial charge in [0.1, 0.15) is 0 Å². The molecule has 0 heterocycles. The van der Waals surface area contributed by atoms with Gasteiger partial charge in [-0.15, -0.1) is 0 Å². The van der Waals surface area contributed by atoms with E-state index < -0.39 is 0 Å². The van der Waals surface area contributed by atoms with Crippen LogP contribution in [0, 0.1) is 0 Å². The molecule has 0 radical (unpaired) electrons. The second-order valence-electron chi connectivity index (χ2n) is 2.12. The van der Waals surface area contributed by atoms with Crippen LogP contribution in [-0.4, -0.2) is 23.1 Å². The SMILES string of the molecule is C1CCCCC1.[H-].[H-].[Mg+2]. The van der Waals surface area contributed by atoms with Crippen LogP contribution >= 0.6 is 0 Å². The summed E-state index contributed by atoms with van der Waals surface area (Å²) in [6.07, 6.45) is 9.00. The minimum atomic E-state index is 0. The van der Waals surface area contributed by atoms with E-state index in [0.717, 1.165) is 0 Å². The molecule has 1 heteroatoms. The fourth-order valence-electron chi connectivity index (χ4n) is 1.06. The topological polar surface area (TPSA) is 0 Å². The van der Waals surface area contributed by atoms with E-state index in [4.69, 9.17) is 0 Å². The van der Waals surface area contributed by atoms with Crippen LogP contribution in [0.2, 0.25) is 0 Å². The van der Waals surface area contributed by atoms with Crippen LogP contribution in [0.3, 0.4) is 0 Å². The fraction of sp³-hybridized carbons (Fsp3) is 1.00. The predicted molar refractivity (Wildman–Crippen MR) is 35.7 cm³/mol. The van der Waals surface area contributed by atoms with E-state index >= 15 is 0 Å². The molecule has 1 aliphatic carbocycles. The van der Waals surface area contributed by atoms with E-state index in [-0.39, 0.29) is 25.9 Å². The summed E-state index contributed by atoms with van der Waals surface area (Å²) in [6, 6.07) is 0. The Morgan fingerprint density at radius 2 is 0.714 bits per heavy atom. The molecule has 0 N–H and O–H groups in total. The van der Waals surface area contributed by atoms with Crippen LogP contribution in [0.15, 0.2) is 0 Å². The van der Waals surface area contributed by atoms with Crippen molar-refractivity contribution in [3.05, 3.63) is 0 Å². The van der Waals surface area contributed by atoms with Crippen molar-refractivity contribution in [2.45, 2.75) is 38.5 Å². The second-order valence-corrected chi connectivity index (χ2v) is 2.12. The Kier molecular flexibility index (Phi) is 5.45. The summed E-state index contributed by atoms with van der Waals surface area (Å²) in [5.74, 6) is 0. The van der Waals surface area contributed by atoms with Gasteiger partial charge >= 0.3 is 23.1 Å². The molecule has 0 spiro atoms. The third-order valence-electron chi connectivity index (χ3n) is 1.50. The quantitative estimate of drug-likeness (QED) is 0.419. The molecule has 0 atom stereocenters. The molecule has 40 valence electrons. The molecule has 0 unspecified atom stereocenters. The maximum Gasteiger partial charge on any atom is 2.00 e. The minimum absolute atomic E-state index is 0. The largest absolute Gasteiger partial charge is 2.00 e. The van der Waals surface area contributed by atoms with Gasteiger partial charge < -0.3 is 2.85 Å². The van der Waals surface area contributed by atoms with Crippen molar-refractivity contribution in [3.8, 4) is 0 Å². The first kappa shape index (κ1) is 7.77. The summed E-state index contributed by atoms with van der Waals surface area (Å²) >= 11 is 0. The Morgan fingerprint density at radius 1 is 0.571 bits per heavy atom. The first-order valence-electron chi connectivity index (χ1n) is 3.00. The number of rotatable bonds is 0. The molecule has 1 fully saturated rings. The van der Waals surface area contributed by atoms with Crippen molar-refractivity contribution in [1.82, 2.24) is 0 Å². The second kappa shape index (κ2) is 4.91. The number of hydrogen-bond donors (Lipinski definition) is 0. The van der Waals surface area contributed by atoms with Gasteiger partial charge in [0.25, 0.3) is 0 Å². The Hall–Kier alpha value is 0.766. The summed E-state index contributed by atoms with van der Waals surface area (Å²) in [6.45, 7) is 0. The van der Waals surface area contributed by atoms with E-state index in [1.807, 2.05) is 0 Å². The zero-order chi connectivity index (χ0) is 4.24. The Balaban J connectivity index is -0.000000120. The molecular weight excluding hydrogens is 96.4 g/mol. The molecule has 0 bridgehead atoms. The smallest absolute Gasteiger partial charge is 1.00 e. The van der Waals surface area contributed by atoms with Gasteiger partial charge in [-0.1, -0.05) is 38.5 Å². The molecule has 0 saturated heterocycles. The van der Waals surface area contributed by atoms with E-state index in [2.05, 4.69) is 0 Å². The molecule has 0 aromatic carbocycles. The maximum atomic E-state index is 1.50. The first-order chi connectivity index (χ1) is 3.00. The van der Waals surface area contributed by atoms with Gasteiger partial charge in [-0.3, -0.25) is 0 Å². The molecule has 0 aromatic rings. The van der Waals surface area contributed by atoms with Crippen LogP contribution in [-0.2, 0) is 0 Å². The minimum Gasteiger partial charge on any atom is -1.00 e. The van der Waals surface area contributed by atoms with E-state index in [9.17, 15) is 0 Å². The summed E-state index contributed by atoms with van der Waals surface area (Å²) in [5, 5.41) is 0. The van der Waals surface area contributed by atoms with Crippen LogP contribution < -0.4 is 0 Å². The average molecular weight is 110 g/mol. The van der Waals surface area contributed by atoms with Crippen molar-refractivity contribution in [2.24, 2.45) is 0 Å². The first-order valence-corrected chi connectivity index (χ1v) is 3.00. The van der Waals surface area contributed by atoms with Crippen molar-refractivity contribution >= 4 is 23.1 Å². The molecule has 7 heavy (non-hydrogen) atoms. The third-order valence-corrected chi connectivity index (χ3v) is 1.50. The molecular formula is C6H14Mg. The van der Waals surface area contributed by atoms with Gasteiger partial charge in [0, 0.05) is 0 Å². The van der Waals surface area contributed by atoms with Crippen molar-refractivity contribution in [2.75, 3.05) is 0 Å². The zero-order valence-electron chi connectivity index (χ0n) is 6.95. The molecule has 0 amide bonds. The molecule has 0 aliphatic heterocycles. The fourth-order valence-corrected chi connectivity index (χ4v) is 1.06. The van der Waals surface area contributed by atoms with Gasteiger partial charge in [-0.2, -0.15) is 0 Å². The summed E-state index contributed by atoms with van der Waals surface area (Å²) in [7, 11) is 0. The molecule has 0 nitrogen and oxygen atoms in total. The van der Waals surface area contributed by atoms with E-state index in [0.29, 0.717) is 0 Å². The molecule has 1 rings (SSSR count). The van der Waals surface area contributed by atoms with E-state index in [1.165, 1.54) is 38.5 Å². The average Bonchev–Trinajstić information content (AvgIpc) is 1.72. The maximum absolute atomic E-state index is 1.50. The summed E-state index contributed by atoms with van der Waals surface area (Å²) in [4.78, 5) is 0. The standard InChI is InChI=1S/C6H12.Mg.2H/c1-2-4-6-5-3-1;;;/h1-6H2;;;/q;+2;2*-1. The molecule has 1 aliphatic rings. The van der Waals surface area contributed by atoms with Crippen LogP contribution in [0.4, 0.5) is 0 Å². The van der Waals surface area contributed by atoms with Gasteiger partial charge in [-0.25, -0.2) is 0 Å². The van der Waals surface area contributed by atoms with Crippen LogP contribution in [0.5, 0.6) is 0 Å². The summed E-state index contributed by atoms with van der Waals surface area (Å²) in [5.41, 5.74) is 0. The third kappa shape index (κ3) is 3.36. The Labute approximate surface area is 64.8 Å². The molecule has 0 aromatic heterocycles. The van der Waals surface area contributed by atoms with Gasteiger partial charge in [-0.05, 0) is 0 Å². The van der Waals surface area contributed by atoms with Gasteiger partial charge in [0.05, 0.1) is 0 Å². The van der Waals surface area contributed by atoms with Crippen molar-refractivity contribution < 1.29 is 2.85 Å². The van der Waals surface area contributed by atoms with Crippen LogP contribution in [0.1, 0.15) is 41.4 Å². The Morgan fingerprint density at radius 3 is 0.857 bits per heavy atom. The summed E-state index contributed by atoms with van der Waals surface area (Å²) < 4.78 is 0. The monoisotopic (exact) mass is 110 g/mol. The van der Waals surface area contributed by atoms with Crippen LogP contribution in [0.25, 0.3) is 0 Å². The zero-order valence-corrected chi connectivity index (χ0v) is 6.36. The van der Waals surface area contributed by atoms with Gasteiger partial charge in [0.15, 0.2) is 0 Å². The van der Waals surface area contributed by atoms with Crippen molar-refractivity contribution in [3.63, 3.8) is 0 Å². The van der Waals surface area contributed by atoms with Crippen molar-refractivity contribution in [1.29, 1.82) is 0 Å². The normalized spacial score (nSPS) is 20.6. The molecule has 1 saturated carbocycles. The van der Waals surface area contributed by atoms with E-state index in [1.54, 1.807) is 0 Å². The van der Waals surface area contributed by atoms with Gasteiger partial charge in [0.2, 0.25) is 0 Å². The predicted octanol–water partition coefficient (Wildman–Crippen LogP) is 2.18. The Bertz CT molecular complexity index is 26.5. The number of hydrogen-bond acceptors (Lipinski definition) is 0.